The van der Waals surface area contributed by atoms with Gasteiger partial charge in [0.1, 0.15) is 5.75 Å². The first kappa shape index (κ1) is 10.4. The van der Waals surface area contributed by atoms with Gasteiger partial charge in [-0.05, 0) is 18.9 Å². The Labute approximate surface area is 91.0 Å². The van der Waals surface area contributed by atoms with Gasteiger partial charge in [0.05, 0.1) is 16.6 Å². The van der Waals surface area contributed by atoms with E-state index in [4.69, 9.17) is 0 Å². The summed E-state index contributed by atoms with van der Waals surface area (Å²) in [6.45, 7) is 0. The molecular weight excluding hydrogens is 212 g/mol. The molecule has 2 N–H and O–H groups in total. The fourth-order valence-corrected chi connectivity index (χ4v) is 1.32. The third-order valence-corrected chi connectivity index (χ3v) is 2.35. The Morgan fingerprint density at radius 3 is 2.69 bits per heavy atom. The molecule has 0 heterocycles. The van der Waals surface area contributed by atoms with Gasteiger partial charge in [0.2, 0.25) is 0 Å². The van der Waals surface area contributed by atoms with E-state index in [9.17, 15) is 20.0 Å². The van der Waals surface area contributed by atoms with Crippen molar-refractivity contribution in [3.05, 3.63) is 33.9 Å². The topological polar surface area (TPSA) is 92.5 Å². The summed E-state index contributed by atoms with van der Waals surface area (Å²) in [4.78, 5) is 21.3. The van der Waals surface area contributed by atoms with E-state index in [2.05, 4.69) is 5.32 Å². The fraction of sp³-hybridized carbons (Fsp3) is 0.300. The molecule has 0 spiro atoms. The quantitative estimate of drug-likeness (QED) is 0.593. The van der Waals surface area contributed by atoms with E-state index in [1.54, 1.807) is 0 Å². The van der Waals surface area contributed by atoms with E-state index in [0.717, 1.165) is 18.9 Å². The zero-order chi connectivity index (χ0) is 11.7. The average molecular weight is 222 g/mol. The molecule has 2 rings (SSSR count). The summed E-state index contributed by atoms with van der Waals surface area (Å²) < 4.78 is 0. The van der Waals surface area contributed by atoms with Crippen molar-refractivity contribution in [2.75, 3.05) is 0 Å². The van der Waals surface area contributed by atoms with Gasteiger partial charge in [0.25, 0.3) is 11.6 Å². The number of nitro benzene ring substituents is 1. The zero-order valence-corrected chi connectivity index (χ0v) is 8.34. The maximum atomic E-state index is 11.6. The lowest BCUT2D eigenvalue weighted by Gasteiger charge is -2.04. The van der Waals surface area contributed by atoms with Gasteiger partial charge in [-0.1, -0.05) is 0 Å². The number of carbonyl (C=O) groups is 1. The fourth-order valence-electron chi connectivity index (χ4n) is 1.32. The van der Waals surface area contributed by atoms with Gasteiger partial charge in [0, 0.05) is 12.1 Å². The highest BCUT2D eigenvalue weighted by molar-refractivity contribution is 5.97. The lowest BCUT2D eigenvalue weighted by Crippen LogP contribution is -2.25. The smallest absolute Gasteiger partial charge is 0.273 e. The maximum Gasteiger partial charge on any atom is 0.273 e. The van der Waals surface area contributed by atoms with Crippen molar-refractivity contribution in [2.24, 2.45) is 0 Å². The zero-order valence-electron chi connectivity index (χ0n) is 8.34. The molecule has 1 aromatic carbocycles. The molecule has 0 aliphatic heterocycles. The van der Waals surface area contributed by atoms with E-state index >= 15 is 0 Å². The van der Waals surface area contributed by atoms with Crippen LogP contribution in [-0.2, 0) is 0 Å². The molecule has 1 fully saturated rings. The number of benzene rings is 1. The van der Waals surface area contributed by atoms with Crippen LogP contribution >= 0.6 is 0 Å². The molecule has 84 valence electrons. The monoisotopic (exact) mass is 222 g/mol. The second kappa shape index (κ2) is 3.80. The third kappa shape index (κ3) is 2.10. The molecule has 0 aromatic heterocycles. The predicted molar refractivity (Wildman–Crippen MR) is 55.2 cm³/mol. The summed E-state index contributed by atoms with van der Waals surface area (Å²) in [5.41, 5.74) is -0.169. The first-order valence-electron chi connectivity index (χ1n) is 4.86. The number of hydrogen-bond acceptors (Lipinski definition) is 4. The SMILES string of the molecule is O=C(NC1CC1)c1ccc([N+](=O)[O-])cc1O. The van der Waals surface area contributed by atoms with E-state index in [1.807, 2.05) is 0 Å². The van der Waals surface area contributed by atoms with Crippen LogP contribution in [0.3, 0.4) is 0 Å². The van der Waals surface area contributed by atoms with Gasteiger partial charge in [-0.15, -0.1) is 0 Å². The first-order valence-corrected chi connectivity index (χ1v) is 4.86. The number of carbonyl (C=O) groups excluding carboxylic acids is 1. The van der Waals surface area contributed by atoms with Crippen molar-refractivity contribution in [1.82, 2.24) is 5.32 Å². The van der Waals surface area contributed by atoms with Crippen LogP contribution < -0.4 is 5.32 Å². The number of nitrogens with one attached hydrogen (secondary N) is 1. The van der Waals surface area contributed by atoms with Crippen molar-refractivity contribution in [3.8, 4) is 5.75 Å². The van der Waals surface area contributed by atoms with Gasteiger partial charge >= 0.3 is 0 Å². The van der Waals surface area contributed by atoms with Crippen molar-refractivity contribution in [2.45, 2.75) is 18.9 Å². The van der Waals surface area contributed by atoms with Gasteiger partial charge in [-0.3, -0.25) is 14.9 Å². The summed E-state index contributed by atoms with van der Waals surface area (Å²) in [6, 6.07) is 3.61. The number of nitrogens with zero attached hydrogens (tertiary/aromatic N) is 1. The van der Waals surface area contributed by atoms with Crippen LogP contribution in [0.4, 0.5) is 5.69 Å². The molecule has 1 saturated carbocycles. The second-order valence-corrected chi connectivity index (χ2v) is 3.71. The van der Waals surface area contributed by atoms with E-state index in [0.29, 0.717) is 0 Å². The van der Waals surface area contributed by atoms with Crippen molar-refractivity contribution in [3.63, 3.8) is 0 Å². The van der Waals surface area contributed by atoms with Crippen molar-refractivity contribution < 1.29 is 14.8 Å². The first-order chi connectivity index (χ1) is 7.58. The van der Waals surface area contributed by atoms with Crippen LogP contribution in [0.5, 0.6) is 5.75 Å². The molecule has 1 aliphatic rings. The molecule has 16 heavy (non-hydrogen) atoms. The molecule has 1 amide bonds. The summed E-state index contributed by atoms with van der Waals surface area (Å²) in [5, 5.41) is 22.6. The molecule has 1 aliphatic carbocycles. The molecule has 0 saturated heterocycles. The standard InChI is InChI=1S/C10H10N2O4/c13-9-5-7(12(15)16)3-4-8(9)10(14)11-6-1-2-6/h3-6,13H,1-2H2,(H,11,14). The summed E-state index contributed by atoms with van der Waals surface area (Å²) >= 11 is 0. The highest BCUT2D eigenvalue weighted by Crippen LogP contribution is 2.25. The van der Waals surface area contributed by atoms with Crippen LogP contribution in [0.15, 0.2) is 18.2 Å². The van der Waals surface area contributed by atoms with Crippen molar-refractivity contribution >= 4 is 11.6 Å². The van der Waals surface area contributed by atoms with Gasteiger partial charge in [-0.25, -0.2) is 0 Å². The molecule has 6 heteroatoms. The minimum absolute atomic E-state index is 0.0671. The van der Waals surface area contributed by atoms with Crippen LogP contribution in [-0.4, -0.2) is 22.0 Å². The number of nitro groups is 1. The van der Waals surface area contributed by atoms with Gasteiger partial charge in [-0.2, -0.15) is 0 Å². The minimum Gasteiger partial charge on any atom is -0.507 e. The number of phenolic OH excluding ortho intramolecular Hbond substituents is 1. The second-order valence-electron chi connectivity index (χ2n) is 3.71. The largest absolute Gasteiger partial charge is 0.507 e. The summed E-state index contributed by atoms with van der Waals surface area (Å²) in [5.74, 6) is -0.762. The molecule has 0 atom stereocenters. The summed E-state index contributed by atoms with van der Waals surface area (Å²) in [6.07, 6.45) is 1.89. The Morgan fingerprint density at radius 2 is 2.19 bits per heavy atom. The molecule has 0 bridgehead atoms. The highest BCUT2D eigenvalue weighted by Gasteiger charge is 2.25. The molecule has 1 aromatic rings. The Bertz CT molecular complexity index is 454. The number of hydrogen-bond donors (Lipinski definition) is 2. The predicted octanol–water partition coefficient (Wildman–Crippen LogP) is 1.19. The van der Waals surface area contributed by atoms with Crippen molar-refractivity contribution in [1.29, 1.82) is 0 Å². The normalized spacial score (nSPS) is 14.5. The van der Waals surface area contributed by atoms with Gasteiger partial charge in [0.15, 0.2) is 0 Å². The van der Waals surface area contributed by atoms with E-state index in [1.165, 1.54) is 12.1 Å². The Balaban J connectivity index is 2.20. The number of rotatable bonds is 3. The van der Waals surface area contributed by atoms with Crippen LogP contribution in [0.1, 0.15) is 23.2 Å². The molecular formula is C10H10N2O4. The van der Waals surface area contributed by atoms with Crippen LogP contribution in [0, 0.1) is 10.1 Å². The Kier molecular flexibility index (Phi) is 2.47. The number of phenols is 1. The maximum absolute atomic E-state index is 11.6. The number of aromatic hydroxyl groups is 1. The Morgan fingerprint density at radius 1 is 1.50 bits per heavy atom. The highest BCUT2D eigenvalue weighted by atomic mass is 16.6. The number of amides is 1. The third-order valence-electron chi connectivity index (χ3n) is 2.35. The average Bonchev–Trinajstić information content (AvgIpc) is 3.01. The summed E-state index contributed by atoms with van der Waals surface area (Å²) in [7, 11) is 0. The van der Waals surface area contributed by atoms with E-state index < -0.39 is 10.8 Å². The number of non-ortho nitro benzene ring substituents is 1. The van der Waals surface area contributed by atoms with Crippen LogP contribution in [0.25, 0.3) is 0 Å². The van der Waals surface area contributed by atoms with Crippen LogP contribution in [0.2, 0.25) is 0 Å². The molecule has 0 unspecified atom stereocenters. The Hall–Kier alpha value is -2.11. The molecule has 0 radical (unpaired) electrons. The lowest BCUT2D eigenvalue weighted by atomic mass is 10.1. The lowest BCUT2D eigenvalue weighted by molar-refractivity contribution is -0.384. The van der Waals surface area contributed by atoms with E-state index in [-0.39, 0.29) is 23.0 Å². The minimum atomic E-state index is -0.623. The molecule has 6 nitrogen and oxygen atoms in total. The van der Waals surface area contributed by atoms with Gasteiger partial charge < -0.3 is 10.4 Å².